The van der Waals surface area contributed by atoms with Crippen molar-refractivity contribution in [3.8, 4) is 5.75 Å². The van der Waals surface area contributed by atoms with Crippen LogP contribution < -0.4 is 10.1 Å². The minimum absolute atomic E-state index is 0.209. The highest BCUT2D eigenvalue weighted by Crippen LogP contribution is 2.13. The van der Waals surface area contributed by atoms with Gasteiger partial charge < -0.3 is 10.1 Å². The van der Waals surface area contributed by atoms with E-state index in [2.05, 4.69) is 15.5 Å². The van der Waals surface area contributed by atoms with E-state index in [1.54, 1.807) is 30.3 Å². The number of benzene rings is 1. The number of carbonyl (C=O) groups is 1. The molecule has 1 aromatic carbocycles. The van der Waals surface area contributed by atoms with Crippen molar-refractivity contribution in [1.82, 2.24) is 19.6 Å². The summed E-state index contributed by atoms with van der Waals surface area (Å²) >= 11 is 0. The second-order valence-electron chi connectivity index (χ2n) is 5.73. The number of carbonyl (C=O) groups excluding carboxylic acids is 1. The molecule has 1 N–H and O–H groups in total. The van der Waals surface area contributed by atoms with Crippen molar-refractivity contribution in [2.75, 3.05) is 12.4 Å². The van der Waals surface area contributed by atoms with E-state index in [1.807, 2.05) is 48.3 Å². The molecule has 0 radical (unpaired) electrons. The number of ether oxygens (including phenoxy) is 1. The number of rotatable bonds is 7. The third-order valence-electron chi connectivity index (χ3n) is 3.80. The van der Waals surface area contributed by atoms with Gasteiger partial charge in [-0.25, -0.2) is 0 Å². The van der Waals surface area contributed by atoms with Gasteiger partial charge >= 0.3 is 0 Å². The first-order valence-electron chi connectivity index (χ1n) is 8.33. The van der Waals surface area contributed by atoms with Gasteiger partial charge in [0.2, 0.25) is 5.91 Å². The second kappa shape index (κ2) is 8.15. The summed E-state index contributed by atoms with van der Waals surface area (Å²) in [6, 6.07) is 7.47. The summed E-state index contributed by atoms with van der Waals surface area (Å²) in [5.41, 5.74) is 2.63. The van der Waals surface area contributed by atoms with E-state index in [1.165, 1.54) is 6.08 Å². The summed E-state index contributed by atoms with van der Waals surface area (Å²) in [5, 5.41) is 11.3. The number of nitrogens with zero attached hydrogens (tertiary/aromatic N) is 4. The number of amides is 1. The molecule has 2 aromatic heterocycles. The number of aromatic nitrogens is 4. The van der Waals surface area contributed by atoms with Crippen molar-refractivity contribution in [3.63, 3.8) is 0 Å². The number of anilines is 1. The fourth-order valence-electron chi connectivity index (χ4n) is 2.43. The Morgan fingerprint density at radius 3 is 2.62 bits per heavy atom. The van der Waals surface area contributed by atoms with Gasteiger partial charge in [0.1, 0.15) is 5.75 Å². The number of methoxy groups -OCH3 is 1. The molecule has 0 bridgehead atoms. The third kappa shape index (κ3) is 4.60. The zero-order chi connectivity index (χ0) is 18.4. The van der Waals surface area contributed by atoms with Crippen molar-refractivity contribution in [2.45, 2.75) is 20.0 Å². The van der Waals surface area contributed by atoms with Crippen LogP contribution in [0, 0.1) is 0 Å². The molecule has 7 nitrogen and oxygen atoms in total. The molecule has 0 aliphatic rings. The average Bonchev–Trinajstić information content (AvgIpc) is 3.30. The Morgan fingerprint density at radius 2 is 1.92 bits per heavy atom. The van der Waals surface area contributed by atoms with Gasteiger partial charge in [0, 0.05) is 30.6 Å². The van der Waals surface area contributed by atoms with Crippen LogP contribution in [0.4, 0.5) is 5.69 Å². The minimum Gasteiger partial charge on any atom is -0.497 e. The number of aryl methyl sites for hydroxylation is 1. The van der Waals surface area contributed by atoms with Crippen LogP contribution in [-0.2, 0) is 17.9 Å². The molecule has 0 unspecified atom stereocenters. The molecule has 0 aliphatic heterocycles. The molecule has 3 rings (SSSR count). The highest BCUT2D eigenvalue weighted by molar-refractivity contribution is 6.01. The number of nitrogens with one attached hydrogen (secondary N) is 1. The Morgan fingerprint density at radius 1 is 1.15 bits per heavy atom. The number of hydrogen-bond donors (Lipinski definition) is 1. The first kappa shape index (κ1) is 17.5. The van der Waals surface area contributed by atoms with Gasteiger partial charge in [0.25, 0.3) is 0 Å². The van der Waals surface area contributed by atoms with Crippen LogP contribution in [0.2, 0.25) is 0 Å². The van der Waals surface area contributed by atoms with E-state index in [9.17, 15) is 4.79 Å². The zero-order valence-electron chi connectivity index (χ0n) is 14.8. The van der Waals surface area contributed by atoms with Crippen LogP contribution in [0.1, 0.15) is 18.1 Å². The largest absolute Gasteiger partial charge is 0.497 e. The van der Waals surface area contributed by atoms with Crippen LogP contribution in [0.5, 0.6) is 5.75 Å². The van der Waals surface area contributed by atoms with E-state index in [-0.39, 0.29) is 5.91 Å². The van der Waals surface area contributed by atoms with Gasteiger partial charge in [-0.15, -0.1) is 0 Å². The highest BCUT2D eigenvalue weighted by atomic mass is 16.5. The van der Waals surface area contributed by atoms with Crippen molar-refractivity contribution in [2.24, 2.45) is 0 Å². The van der Waals surface area contributed by atoms with Crippen molar-refractivity contribution in [3.05, 3.63) is 66.3 Å². The van der Waals surface area contributed by atoms with Crippen molar-refractivity contribution >= 4 is 17.7 Å². The van der Waals surface area contributed by atoms with Crippen LogP contribution in [0.25, 0.3) is 6.08 Å². The molecule has 0 fully saturated rings. The first-order chi connectivity index (χ1) is 12.7. The Bertz CT molecular complexity index is 893. The summed E-state index contributed by atoms with van der Waals surface area (Å²) in [5.74, 6) is 0.572. The van der Waals surface area contributed by atoms with Crippen molar-refractivity contribution < 1.29 is 9.53 Å². The molecule has 26 heavy (non-hydrogen) atoms. The number of hydrogen-bond acceptors (Lipinski definition) is 4. The first-order valence-corrected chi connectivity index (χ1v) is 8.33. The molecule has 0 saturated carbocycles. The monoisotopic (exact) mass is 351 g/mol. The fraction of sp³-hybridized carbons (Fsp3) is 0.211. The topological polar surface area (TPSA) is 74.0 Å². The Kier molecular flexibility index (Phi) is 5.48. The molecule has 1 amide bonds. The van der Waals surface area contributed by atoms with Crippen LogP contribution in [-0.4, -0.2) is 32.6 Å². The molecule has 0 atom stereocenters. The minimum atomic E-state index is -0.209. The van der Waals surface area contributed by atoms with E-state index < -0.39 is 0 Å². The van der Waals surface area contributed by atoms with Gasteiger partial charge in [-0.05, 0) is 30.7 Å². The Labute approximate surface area is 151 Å². The maximum atomic E-state index is 12.0. The Balaban J connectivity index is 1.55. The second-order valence-corrected chi connectivity index (χ2v) is 5.73. The molecule has 3 aromatic rings. The SMILES string of the molecule is CCn1cc(Cn2cc(NC(=O)/C=C/c3ccc(OC)cc3)cn2)cn1. The van der Waals surface area contributed by atoms with Crippen LogP contribution >= 0.6 is 0 Å². The molecule has 0 aliphatic carbocycles. The molecule has 0 spiro atoms. The maximum absolute atomic E-state index is 12.0. The lowest BCUT2D eigenvalue weighted by Gasteiger charge is -2.00. The van der Waals surface area contributed by atoms with E-state index >= 15 is 0 Å². The highest BCUT2D eigenvalue weighted by Gasteiger charge is 2.04. The van der Waals surface area contributed by atoms with Gasteiger partial charge in [0.05, 0.1) is 31.7 Å². The standard InChI is InChI=1S/C19H21N5O2/c1-3-23-12-16(10-20-23)13-24-14-17(11-21-24)22-19(25)9-6-15-4-7-18(26-2)8-5-15/h4-12,14H,3,13H2,1-2H3,(H,22,25)/b9-6+. The van der Waals surface area contributed by atoms with Crippen LogP contribution in [0.15, 0.2) is 55.1 Å². The molecular weight excluding hydrogens is 330 g/mol. The summed E-state index contributed by atoms with van der Waals surface area (Å²) in [6.45, 7) is 3.48. The van der Waals surface area contributed by atoms with E-state index in [4.69, 9.17) is 4.74 Å². The predicted octanol–water partition coefficient (Wildman–Crippen LogP) is 2.81. The van der Waals surface area contributed by atoms with Gasteiger partial charge in [-0.3, -0.25) is 14.2 Å². The van der Waals surface area contributed by atoms with E-state index in [0.717, 1.165) is 23.4 Å². The van der Waals surface area contributed by atoms with Crippen LogP contribution in [0.3, 0.4) is 0 Å². The lowest BCUT2D eigenvalue weighted by Crippen LogP contribution is -2.07. The van der Waals surface area contributed by atoms with Crippen molar-refractivity contribution in [1.29, 1.82) is 0 Å². The quantitative estimate of drug-likeness (QED) is 0.664. The summed E-state index contributed by atoms with van der Waals surface area (Å²) in [4.78, 5) is 12.0. The smallest absolute Gasteiger partial charge is 0.248 e. The van der Waals surface area contributed by atoms with Gasteiger partial charge in [-0.2, -0.15) is 10.2 Å². The summed E-state index contributed by atoms with van der Waals surface area (Å²) < 4.78 is 8.74. The average molecular weight is 351 g/mol. The molecule has 2 heterocycles. The normalized spacial score (nSPS) is 11.0. The predicted molar refractivity (Wildman–Crippen MR) is 99.9 cm³/mol. The fourth-order valence-corrected chi connectivity index (χ4v) is 2.43. The lowest BCUT2D eigenvalue weighted by atomic mass is 10.2. The summed E-state index contributed by atoms with van der Waals surface area (Å²) in [6.07, 6.45) is 10.5. The molecule has 7 heteroatoms. The Hall–Kier alpha value is -3.35. The third-order valence-corrected chi connectivity index (χ3v) is 3.80. The lowest BCUT2D eigenvalue weighted by molar-refractivity contribution is -0.111. The molecular formula is C19H21N5O2. The maximum Gasteiger partial charge on any atom is 0.248 e. The summed E-state index contributed by atoms with van der Waals surface area (Å²) in [7, 11) is 1.62. The van der Waals surface area contributed by atoms with Gasteiger partial charge in [0.15, 0.2) is 0 Å². The zero-order valence-corrected chi connectivity index (χ0v) is 14.8. The van der Waals surface area contributed by atoms with E-state index in [0.29, 0.717) is 12.2 Å². The molecule has 134 valence electrons. The molecule has 0 saturated heterocycles. The van der Waals surface area contributed by atoms with Gasteiger partial charge in [-0.1, -0.05) is 12.1 Å².